The van der Waals surface area contributed by atoms with Crippen molar-refractivity contribution in [3.8, 4) is 5.75 Å². The molecule has 114 valence electrons. The fourth-order valence-electron chi connectivity index (χ4n) is 3.74. The summed E-state index contributed by atoms with van der Waals surface area (Å²) in [5.74, 6) is 0.473. The fourth-order valence-corrected chi connectivity index (χ4v) is 3.74. The zero-order valence-electron chi connectivity index (χ0n) is 12.9. The lowest BCUT2D eigenvalue weighted by molar-refractivity contribution is -0.386. The molecule has 1 saturated heterocycles. The molecule has 0 bridgehead atoms. The van der Waals surface area contributed by atoms with Crippen LogP contribution in [0.2, 0.25) is 0 Å². The number of piperidine rings is 1. The van der Waals surface area contributed by atoms with Crippen LogP contribution in [0.25, 0.3) is 0 Å². The summed E-state index contributed by atoms with van der Waals surface area (Å²) < 4.78 is 6.05. The third-order valence-electron chi connectivity index (χ3n) is 4.64. The number of ether oxygens (including phenoxy) is 1. The molecule has 2 heterocycles. The van der Waals surface area contributed by atoms with Crippen LogP contribution in [0, 0.1) is 17.0 Å². The van der Waals surface area contributed by atoms with Crippen LogP contribution >= 0.6 is 0 Å². The van der Waals surface area contributed by atoms with E-state index in [4.69, 9.17) is 4.74 Å². The highest BCUT2D eigenvalue weighted by Gasteiger charge is 2.48. The molecule has 1 fully saturated rings. The number of nitro benzene ring substituents is 1. The van der Waals surface area contributed by atoms with E-state index >= 15 is 0 Å². The highest BCUT2D eigenvalue weighted by molar-refractivity contribution is 5.59. The molecule has 0 aromatic heterocycles. The molecule has 5 nitrogen and oxygen atoms in total. The Balaban J connectivity index is 2.11. The molecule has 2 aliphatic heterocycles. The Bertz CT molecular complexity index is 577. The average molecular weight is 290 g/mol. The lowest BCUT2D eigenvalue weighted by Crippen LogP contribution is -2.44. The number of hydrogen-bond acceptors (Lipinski definition) is 4. The molecule has 0 spiro atoms. The topological polar surface area (TPSA) is 55.6 Å². The van der Waals surface area contributed by atoms with E-state index in [1.165, 1.54) is 19.3 Å². The molecule has 0 aliphatic carbocycles. The second-order valence-electron chi connectivity index (χ2n) is 6.61. The highest BCUT2D eigenvalue weighted by Crippen LogP contribution is 2.52. The summed E-state index contributed by atoms with van der Waals surface area (Å²) in [6, 6.07) is 3.51. The van der Waals surface area contributed by atoms with Crippen molar-refractivity contribution < 1.29 is 9.66 Å². The van der Waals surface area contributed by atoms with E-state index in [-0.39, 0.29) is 16.7 Å². The molecule has 2 aliphatic rings. The van der Waals surface area contributed by atoms with Gasteiger partial charge in [0.2, 0.25) is 5.75 Å². The van der Waals surface area contributed by atoms with Gasteiger partial charge in [0.1, 0.15) is 5.60 Å². The zero-order chi connectivity index (χ0) is 15.2. The Morgan fingerprint density at radius 1 is 1.29 bits per heavy atom. The van der Waals surface area contributed by atoms with Gasteiger partial charge in [0.05, 0.1) is 11.0 Å². The minimum atomic E-state index is -0.434. The number of benzene rings is 1. The van der Waals surface area contributed by atoms with Crippen LogP contribution in [0.15, 0.2) is 12.1 Å². The number of fused-ring (bicyclic) bond motifs is 1. The Hall–Kier alpha value is -1.62. The quantitative estimate of drug-likeness (QED) is 0.617. The molecule has 0 amide bonds. The first-order valence-electron chi connectivity index (χ1n) is 7.63. The third-order valence-corrected chi connectivity index (χ3v) is 4.64. The first kappa shape index (κ1) is 14.3. The van der Waals surface area contributed by atoms with Crippen LogP contribution in [0.5, 0.6) is 5.75 Å². The zero-order valence-corrected chi connectivity index (χ0v) is 12.9. The van der Waals surface area contributed by atoms with Crippen molar-refractivity contribution in [1.82, 2.24) is 4.90 Å². The van der Waals surface area contributed by atoms with Gasteiger partial charge >= 0.3 is 5.69 Å². The Kier molecular flexibility index (Phi) is 3.40. The van der Waals surface area contributed by atoms with Gasteiger partial charge in [-0.05, 0) is 52.3 Å². The standard InChI is InChI=1S/C16H22N2O3/c1-11-7-8-12(18(19)20)14-13(11)15(16(2,3)21-14)17-9-5-4-6-10-17/h7-8,15H,4-6,9-10H2,1-3H3/t15-/m1/s1. The summed E-state index contributed by atoms with van der Waals surface area (Å²) in [5.41, 5.74) is 1.74. The average Bonchev–Trinajstić information content (AvgIpc) is 2.71. The molecule has 1 atom stereocenters. The summed E-state index contributed by atoms with van der Waals surface area (Å²) in [7, 11) is 0. The van der Waals surface area contributed by atoms with E-state index in [0.29, 0.717) is 5.75 Å². The van der Waals surface area contributed by atoms with Crippen molar-refractivity contribution in [2.45, 2.75) is 51.7 Å². The van der Waals surface area contributed by atoms with Crippen molar-refractivity contribution in [1.29, 1.82) is 0 Å². The second-order valence-corrected chi connectivity index (χ2v) is 6.61. The third kappa shape index (κ3) is 2.29. The van der Waals surface area contributed by atoms with Crippen LogP contribution in [0.3, 0.4) is 0 Å². The Morgan fingerprint density at radius 2 is 1.95 bits per heavy atom. The highest BCUT2D eigenvalue weighted by atomic mass is 16.6. The summed E-state index contributed by atoms with van der Waals surface area (Å²) in [6.07, 6.45) is 3.65. The molecule has 0 N–H and O–H groups in total. The molecular formula is C16H22N2O3. The van der Waals surface area contributed by atoms with E-state index < -0.39 is 5.60 Å². The molecule has 0 radical (unpaired) electrons. The van der Waals surface area contributed by atoms with Crippen molar-refractivity contribution in [3.63, 3.8) is 0 Å². The van der Waals surface area contributed by atoms with Gasteiger partial charge in [-0.2, -0.15) is 0 Å². The predicted molar refractivity (Wildman–Crippen MR) is 80.7 cm³/mol. The van der Waals surface area contributed by atoms with Crippen molar-refractivity contribution in [3.05, 3.63) is 33.4 Å². The van der Waals surface area contributed by atoms with E-state index in [1.54, 1.807) is 6.07 Å². The summed E-state index contributed by atoms with van der Waals surface area (Å²) >= 11 is 0. The summed E-state index contributed by atoms with van der Waals surface area (Å²) in [5, 5.41) is 11.3. The SMILES string of the molecule is Cc1ccc([N+](=O)[O-])c2c1[C@@H](N1CCCCC1)C(C)(C)O2. The Morgan fingerprint density at radius 3 is 2.57 bits per heavy atom. The molecule has 3 rings (SSSR count). The van der Waals surface area contributed by atoms with Gasteiger partial charge in [-0.15, -0.1) is 0 Å². The summed E-state index contributed by atoms with van der Waals surface area (Å²) in [6.45, 7) is 8.17. The molecule has 5 heteroatoms. The van der Waals surface area contributed by atoms with Crippen LogP contribution in [-0.4, -0.2) is 28.5 Å². The normalized spacial score (nSPS) is 24.4. The van der Waals surface area contributed by atoms with Crippen LogP contribution in [0.4, 0.5) is 5.69 Å². The second kappa shape index (κ2) is 4.98. The first-order valence-corrected chi connectivity index (χ1v) is 7.63. The predicted octanol–water partition coefficient (Wildman–Crippen LogP) is 3.60. The van der Waals surface area contributed by atoms with Gasteiger partial charge in [-0.25, -0.2) is 0 Å². The van der Waals surface area contributed by atoms with Crippen molar-refractivity contribution in [2.75, 3.05) is 13.1 Å². The smallest absolute Gasteiger partial charge is 0.311 e. The number of rotatable bonds is 2. The van der Waals surface area contributed by atoms with Gasteiger partial charge in [0, 0.05) is 11.6 Å². The molecule has 1 aromatic rings. The van der Waals surface area contributed by atoms with E-state index in [9.17, 15) is 10.1 Å². The van der Waals surface area contributed by atoms with Gasteiger partial charge in [-0.1, -0.05) is 12.5 Å². The van der Waals surface area contributed by atoms with E-state index in [1.807, 2.05) is 26.8 Å². The maximum absolute atomic E-state index is 11.3. The number of nitrogens with zero attached hydrogens (tertiary/aromatic N) is 2. The van der Waals surface area contributed by atoms with Crippen molar-refractivity contribution >= 4 is 5.69 Å². The van der Waals surface area contributed by atoms with E-state index in [2.05, 4.69) is 4.90 Å². The van der Waals surface area contributed by atoms with E-state index in [0.717, 1.165) is 24.2 Å². The first-order chi connectivity index (χ1) is 9.92. The number of aryl methyl sites for hydroxylation is 1. The van der Waals surface area contributed by atoms with Crippen molar-refractivity contribution in [2.24, 2.45) is 0 Å². The lowest BCUT2D eigenvalue weighted by atomic mass is 9.88. The minimum Gasteiger partial charge on any atom is -0.479 e. The maximum atomic E-state index is 11.3. The van der Waals surface area contributed by atoms with Gasteiger partial charge in [-0.3, -0.25) is 15.0 Å². The van der Waals surface area contributed by atoms with Gasteiger partial charge in [0.15, 0.2) is 0 Å². The Labute approximate surface area is 125 Å². The monoisotopic (exact) mass is 290 g/mol. The number of nitro groups is 1. The molecule has 0 saturated carbocycles. The summed E-state index contributed by atoms with van der Waals surface area (Å²) in [4.78, 5) is 13.4. The maximum Gasteiger partial charge on any atom is 0.311 e. The molecular weight excluding hydrogens is 268 g/mol. The number of hydrogen-bond donors (Lipinski definition) is 0. The van der Waals surface area contributed by atoms with Gasteiger partial charge < -0.3 is 4.74 Å². The largest absolute Gasteiger partial charge is 0.479 e. The fraction of sp³-hybridized carbons (Fsp3) is 0.625. The lowest BCUT2D eigenvalue weighted by Gasteiger charge is -2.38. The van der Waals surface area contributed by atoms with Crippen LogP contribution in [-0.2, 0) is 0 Å². The van der Waals surface area contributed by atoms with Crippen LogP contribution in [0.1, 0.15) is 50.3 Å². The van der Waals surface area contributed by atoms with Gasteiger partial charge in [0.25, 0.3) is 0 Å². The van der Waals surface area contributed by atoms with Crippen LogP contribution < -0.4 is 4.74 Å². The number of likely N-dealkylation sites (tertiary alicyclic amines) is 1. The molecule has 1 aromatic carbocycles. The molecule has 21 heavy (non-hydrogen) atoms. The minimum absolute atomic E-state index is 0.0863. The molecule has 0 unspecified atom stereocenters.